The van der Waals surface area contributed by atoms with Crippen LogP contribution < -0.4 is 5.73 Å². The Kier molecular flexibility index (Phi) is 5.47. The molecule has 0 aliphatic carbocycles. The number of aliphatic hydroxyl groups excluding tert-OH is 1. The maximum absolute atomic E-state index is 14.1. The normalized spacial score (nSPS) is 14.0. The van der Waals surface area contributed by atoms with Crippen molar-refractivity contribution in [1.29, 1.82) is 0 Å². The van der Waals surface area contributed by atoms with Crippen molar-refractivity contribution in [2.75, 3.05) is 6.54 Å². The number of aliphatic hydroxyl groups is 1. The lowest BCUT2D eigenvalue weighted by Crippen LogP contribution is -2.21. The molecule has 6 heteroatoms. The zero-order valence-electron chi connectivity index (χ0n) is 10.9. The van der Waals surface area contributed by atoms with Crippen LogP contribution in [0.4, 0.5) is 4.39 Å². The van der Waals surface area contributed by atoms with E-state index in [4.69, 9.17) is 40.5 Å². The maximum Gasteiger partial charge on any atom is 0.145 e. The minimum absolute atomic E-state index is 0.00714. The molecule has 21 heavy (non-hydrogen) atoms. The molecule has 0 fully saturated rings. The first-order valence-corrected chi connectivity index (χ1v) is 7.36. The van der Waals surface area contributed by atoms with Crippen molar-refractivity contribution in [3.8, 4) is 0 Å². The molecule has 2 atom stereocenters. The number of nitrogens with two attached hydrogens (primary N) is 1. The summed E-state index contributed by atoms with van der Waals surface area (Å²) in [6, 6.07) is 9.36. The van der Waals surface area contributed by atoms with Gasteiger partial charge in [-0.25, -0.2) is 4.39 Å². The van der Waals surface area contributed by atoms with Gasteiger partial charge in [0.2, 0.25) is 0 Å². The molecule has 0 aliphatic heterocycles. The van der Waals surface area contributed by atoms with Gasteiger partial charge in [0.25, 0.3) is 0 Å². The second-order valence-corrected chi connectivity index (χ2v) is 5.83. The van der Waals surface area contributed by atoms with E-state index in [1.165, 1.54) is 6.07 Å². The van der Waals surface area contributed by atoms with Gasteiger partial charge in [0.05, 0.1) is 21.2 Å². The van der Waals surface area contributed by atoms with Crippen molar-refractivity contribution in [3.05, 3.63) is 68.4 Å². The van der Waals surface area contributed by atoms with Gasteiger partial charge < -0.3 is 10.8 Å². The Labute approximate surface area is 137 Å². The number of benzene rings is 2. The van der Waals surface area contributed by atoms with Crippen molar-refractivity contribution in [3.63, 3.8) is 0 Å². The quantitative estimate of drug-likeness (QED) is 0.850. The summed E-state index contributed by atoms with van der Waals surface area (Å²) in [5, 5.41) is 11.2. The third-order valence-corrected chi connectivity index (χ3v) is 4.33. The van der Waals surface area contributed by atoms with Crippen LogP contribution >= 0.6 is 34.8 Å². The molecule has 0 bridgehead atoms. The number of rotatable bonds is 4. The fraction of sp³-hybridized carbons (Fsp3) is 0.200. The summed E-state index contributed by atoms with van der Waals surface area (Å²) in [6.07, 6.45) is -1.02. The Morgan fingerprint density at radius 3 is 2.38 bits per heavy atom. The van der Waals surface area contributed by atoms with E-state index in [0.29, 0.717) is 15.6 Å². The number of halogens is 4. The average molecular weight is 349 g/mol. The molecule has 0 aliphatic rings. The summed E-state index contributed by atoms with van der Waals surface area (Å²) < 4.78 is 14.1. The topological polar surface area (TPSA) is 46.2 Å². The molecule has 0 amide bonds. The minimum Gasteiger partial charge on any atom is -0.388 e. The minimum atomic E-state index is -1.02. The Balaban J connectivity index is 2.40. The smallest absolute Gasteiger partial charge is 0.145 e. The predicted molar refractivity (Wildman–Crippen MR) is 84.6 cm³/mol. The molecular weight excluding hydrogens is 336 g/mol. The second kappa shape index (κ2) is 6.95. The lowest BCUT2D eigenvalue weighted by atomic mass is 9.89. The fourth-order valence-electron chi connectivity index (χ4n) is 2.16. The van der Waals surface area contributed by atoms with Gasteiger partial charge in [0, 0.05) is 12.5 Å². The van der Waals surface area contributed by atoms with Gasteiger partial charge >= 0.3 is 0 Å². The Bertz CT molecular complexity index is 651. The molecule has 0 spiro atoms. The van der Waals surface area contributed by atoms with Crippen LogP contribution in [0.5, 0.6) is 0 Å². The van der Waals surface area contributed by atoms with E-state index in [2.05, 4.69) is 0 Å². The molecule has 2 aromatic carbocycles. The van der Waals surface area contributed by atoms with Crippen molar-refractivity contribution < 1.29 is 9.50 Å². The molecule has 0 radical (unpaired) electrons. The highest BCUT2D eigenvalue weighted by Gasteiger charge is 2.25. The van der Waals surface area contributed by atoms with Crippen molar-refractivity contribution >= 4 is 34.8 Å². The van der Waals surface area contributed by atoms with Gasteiger partial charge in [0.15, 0.2) is 0 Å². The van der Waals surface area contributed by atoms with Crippen LogP contribution in [0.25, 0.3) is 0 Å². The van der Waals surface area contributed by atoms with Gasteiger partial charge in [-0.05, 0) is 29.3 Å². The Hall–Kier alpha value is -0.840. The standard InChI is InChI=1S/C15H13Cl3FNO/c16-11-5-4-8(6-13(11)18)15(21)10(7-20)9-2-1-3-12(17)14(9)19/h1-6,10,15,21H,7,20H2. The highest BCUT2D eigenvalue weighted by Crippen LogP contribution is 2.35. The van der Waals surface area contributed by atoms with Gasteiger partial charge in [0.1, 0.15) is 5.82 Å². The zero-order chi connectivity index (χ0) is 15.6. The van der Waals surface area contributed by atoms with Crippen LogP contribution in [-0.2, 0) is 0 Å². The van der Waals surface area contributed by atoms with Crippen LogP contribution in [0, 0.1) is 5.82 Å². The second-order valence-electron chi connectivity index (χ2n) is 4.60. The van der Waals surface area contributed by atoms with Gasteiger partial charge in [-0.15, -0.1) is 0 Å². The summed E-state index contributed by atoms with van der Waals surface area (Å²) in [6.45, 7) is 0.0542. The van der Waals surface area contributed by atoms with Crippen LogP contribution in [-0.4, -0.2) is 11.7 Å². The third-order valence-electron chi connectivity index (χ3n) is 3.30. The van der Waals surface area contributed by atoms with E-state index in [0.717, 1.165) is 0 Å². The van der Waals surface area contributed by atoms with E-state index in [1.807, 2.05) is 0 Å². The van der Waals surface area contributed by atoms with E-state index in [9.17, 15) is 9.50 Å². The monoisotopic (exact) mass is 347 g/mol. The van der Waals surface area contributed by atoms with Crippen LogP contribution in [0.1, 0.15) is 23.1 Å². The first-order chi connectivity index (χ1) is 9.95. The largest absolute Gasteiger partial charge is 0.388 e. The average Bonchev–Trinajstić information content (AvgIpc) is 2.47. The lowest BCUT2D eigenvalue weighted by Gasteiger charge is -2.23. The molecule has 0 heterocycles. The molecule has 3 N–H and O–H groups in total. The van der Waals surface area contributed by atoms with Gasteiger partial charge in [-0.2, -0.15) is 0 Å². The van der Waals surface area contributed by atoms with Crippen LogP contribution in [0.2, 0.25) is 15.1 Å². The molecule has 0 saturated heterocycles. The van der Waals surface area contributed by atoms with E-state index in [-0.39, 0.29) is 17.1 Å². The number of hydrogen-bond donors (Lipinski definition) is 2. The van der Waals surface area contributed by atoms with Crippen molar-refractivity contribution in [1.82, 2.24) is 0 Å². The fourth-order valence-corrected chi connectivity index (χ4v) is 2.65. The first kappa shape index (κ1) is 16.5. The van der Waals surface area contributed by atoms with E-state index >= 15 is 0 Å². The molecule has 0 aromatic heterocycles. The first-order valence-electron chi connectivity index (χ1n) is 6.22. The lowest BCUT2D eigenvalue weighted by molar-refractivity contribution is 0.145. The van der Waals surface area contributed by atoms with Crippen LogP contribution in [0.3, 0.4) is 0 Å². The Morgan fingerprint density at radius 2 is 1.76 bits per heavy atom. The summed E-state index contributed by atoms with van der Waals surface area (Å²) in [4.78, 5) is 0. The molecule has 2 rings (SSSR count). The van der Waals surface area contributed by atoms with E-state index in [1.54, 1.807) is 30.3 Å². The van der Waals surface area contributed by atoms with E-state index < -0.39 is 17.8 Å². The van der Waals surface area contributed by atoms with Gasteiger partial charge in [-0.3, -0.25) is 0 Å². The molecule has 2 aromatic rings. The third kappa shape index (κ3) is 3.50. The van der Waals surface area contributed by atoms with Crippen LogP contribution in [0.15, 0.2) is 36.4 Å². The van der Waals surface area contributed by atoms with Crippen molar-refractivity contribution in [2.45, 2.75) is 12.0 Å². The predicted octanol–water partition coefficient (Wildman–Crippen LogP) is 4.56. The summed E-state index contributed by atoms with van der Waals surface area (Å²) in [7, 11) is 0. The number of hydrogen-bond acceptors (Lipinski definition) is 2. The molecule has 0 saturated carbocycles. The molecular formula is C15H13Cl3FNO. The van der Waals surface area contributed by atoms with Gasteiger partial charge in [-0.1, -0.05) is 53.0 Å². The molecule has 2 unspecified atom stereocenters. The summed E-state index contributed by atoms with van der Waals surface area (Å²) in [5.74, 6) is -1.21. The maximum atomic E-state index is 14.1. The van der Waals surface area contributed by atoms with Crippen molar-refractivity contribution in [2.24, 2.45) is 5.73 Å². The molecule has 112 valence electrons. The highest BCUT2D eigenvalue weighted by molar-refractivity contribution is 6.42. The Morgan fingerprint density at radius 1 is 1.05 bits per heavy atom. The summed E-state index contributed by atoms with van der Waals surface area (Å²) in [5.41, 5.74) is 6.48. The highest BCUT2D eigenvalue weighted by atomic mass is 35.5. The zero-order valence-corrected chi connectivity index (χ0v) is 13.1. The summed E-state index contributed by atoms with van der Waals surface area (Å²) >= 11 is 17.6. The SMILES string of the molecule is NCC(c1cccc(Cl)c1F)C(O)c1ccc(Cl)c(Cl)c1. The molecule has 2 nitrogen and oxygen atoms in total.